The lowest BCUT2D eigenvalue weighted by Gasteiger charge is -2.49. The van der Waals surface area contributed by atoms with Crippen molar-refractivity contribution in [2.45, 2.75) is 72.3 Å². The average Bonchev–Trinajstić information content (AvgIpc) is 3.16. The first-order chi connectivity index (χ1) is 11.8. The van der Waals surface area contributed by atoms with E-state index in [1.165, 1.54) is 11.9 Å². The van der Waals surface area contributed by atoms with Gasteiger partial charge in [0.25, 0.3) is 0 Å². The zero-order valence-electron chi connectivity index (χ0n) is 16.4. The molecule has 2 N–H and O–H groups in total. The molecule has 3 nitrogen and oxygen atoms in total. The summed E-state index contributed by atoms with van der Waals surface area (Å²) in [4.78, 5) is 12.6. The van der Waals surface area contributed by atoms with Crippen LogP contribution >= 0.6 is 0 Å². The Morgan fingerprint density at radius 3 is 2.60 bits per heavy atom. The van der Waals surface area contributed by atoms with Gasteiger partial charge in [0.05, 0.1) is 6.10 Å². The number of aliphatic hydroxyl groups excluding tert-OH is 2. The van der Waals surface area contributed by atoms with Crippen LogP contribution in [0.1, 0.15) is 66.2 Å². The number of rotatable bonds is 7. The number of hydrogen-bond acceptors (Lipinski definition) is 3. The highest BCUT2D eigenvalue weighted by Gasteiger charge is 2.66. The van der Waals surface area contributed by atoms with E-state index in [4.69, 9.17) is 5.11 Å². The van der Waals surface area contributed by atoms with Crippen LogP contribution in [0.4, 0.5) is 0 Å². The second-order valence-corrected chi connectivity index (χ2v) is 9.59. The van der Waals surface area contributed by atoms with Crippen molar-refractivity contribution in [1.82, 2.24) is 0 Å². The smallest absolute Gasteiger partial charge is 0.127 e. The Balaban J connectivity index is 1.94. The molecule has 0 radical (unpaired) electrons. The summed E-state index contributed by atoms with van der Waals surface area (Å²) >= 11 is 0. The Hall–Kier alpha value is -0.670. The molecule has 0 aromatic rings. The van der Waals surface area contributed by atoms with Gasteiger partial charge in [-0.25, -0.2) is 0 Å². The molecule has 2 bridgehead atoms. The first-order valence-electron chi connectivity index (χ1n) is 10.3. The lowest BCUT2D eigenvalue weighted by molar-refractivity contribution is -0.127. The first kappa shape index (κ1) is 19.1. The second kappa shape index (κ2) is 6.81. The van der Waals surface area contributed by atoms with Crippen molar-refractivity contribution in [2.24, 2.45) is 40.4 Å². The number of aliphatic hydroxyl groups is 2. The maximum Gasteiger partial charge on any atom is 0.127 e. The molecule has 0 aliphatic heterocycles. The van der Waals surface area contributed by atoms with Crippen LogP contribution in [0.5, 0.6) is 0 Å². The monoisotopic (exact) mass is 348 g/mol. The van der Waals surface area contributed by atoms with Crippen molar-refractivity contribution in [3.8, 4) is 0 Å². The second-order valence-electron chi connectivity index (χ2n) is 9.59. The van der Waals surface area contributed by atoms with Crippen molar-refractivity contribution in [3.63, 3.8) is 0 Å². The largest absolute Gasteiger partial charge is 0.396 e. The van der Waals surface area contributed by atoms with Crippen molar-refractivity contribution < 1.29 is 15.0 Å². The van der Waals surface area contributed by atoms with Gasteiger partial charge in [-0.05, 0) is 61.7 Å². The van der Waals surface area contributed by atoms with Crippen LogP contribution in [0.25, 0.3) is 0 Å². The topological polar surface area (TPSA) is 57.5 Å². The third kappa shape index (κ3) is 2.73. The van der Waals surface area contributed by atoms with Crippen LogP contribution in [-0.4, -0.2) is 29.2 Å². The number of aldehydes is 1. The molecule has 7 atom stereocenters. The molecule has 25 heavy (non-hydrogen) atoms. The molecular weight excluding hydrogens is 312 g/mol. The Morgan fingerprint density at radius 1 is 1.32 bits per heavy atom. The van der Waals surface area contributed by atoms with Gasteiger partial charge in [0.2, 0.25) is 0 Å². The minimum Gasteiger partial charge on any atom is -0.396 e. The highest BCUT2D eigenvalue weighted by Crippen LogP contribution is 2.70. The van der Waals surface area contributed by atoms with Crippen LogP contribution < -0.4 is 0 Å². The SMILES string of the molecule is CC(C)C1=CC2C[C@@]1(C)[C@@](C=O)(C1CC(O)C(C)C1CCCCO)C2. The number of carbonyl (C=O) groups excluding carboxylic acids is 1. The predicted octanol–water partition coefficient (Wildman–Crippen LogP) is 3.98. The van der Waals surface area contributed by atoms with Crippen LogP contribution in [0.2, 0.25) is 0 Å². The molecular formula is C22H36O3. The predicted molar refractivity (Wildman–Crippen MR) is 100.0 cm³/mol. The van der Waals surface area contributed by atoms with Crippen molar-refractivity contribution >= 4 is 6.29 Å². The minimum atomic E-state index is -0.318. The maximum atomic E-state index is 12.6. The Labute approximate surface area is 152 Å². The van der Waals surface area contributed by atoms with Gasteiger partial charge < -0.3 is 15.0 Å². The lowest BCUT2D eigenvalue weighted by atomic mass is 9.53. The summed E-state index contributed by atoms with van der Waals surface area (Å²) in [6.45, 7) is 9.20. The highest BCUT2D eigenvalue weighted by atomic mass is 16.3. The van der Waals surface area contributed by atoms with Gasteiger partial charge in [-0.2, -0.15) is 0 Å². The summed E-state index contributed by atoms with van der Waals surface area (Å²) < 4.78 is 0. The van der Waals surface area contributed by atoms with Gasteiger partial charge in [-0.3, -0.25) is 0 Å². The molecule has 0 saturated heterocycles. The molecule has 142 valence electrons. The van der Waals surface area contributed by atoms with Gasteiger partial charge in [-0.1, -0.05) is 45.8 Å². The van der Waals surface area contributed by atoms with Gasteiger partial charge in [0.1, 0.15) is 6.29 Å². The van der Waals surface area contributed by atoms with E-state index in [-0.39, 0.29) is 35.4 Å². The molecule has 0 heterocycles. The van der Waals surface area contributed by atoms with Gasteiger partial charge in [-0.15, -0.1) is 0 Å². The molecule has 0 aromatic heterocycles. The van der Waals surface area contributed by atoms with E-state index in [0.29, 0.717) is 17.8 Å². The van der Waals surface area contributed by atoms with E-state index < -0.39 is 0 Å². The zero-order chi connectivity index (χ0) is 18.4. The number of unbranched alkanes of at least 4 members (excludes halogenated alkanes) is 1. The normalized spacial score (nSPS) is 46.0. The van der Waals surface area contributed by atoms with Crippen molar-refractivity contribution in [1.29, 1.82) is 0 Å². The third-order valence-corrected chi connectivity index (χ3v) is 8.08. The minimum absolute atomic E-state index is 0.0444. The van der Waals surface area contributed by atoms with E-state index in [2.05, 4.69) is 33.8 Å². The molecule has 3 aliphatic carbocycles. The fraction of sp³-hybridized carbons (Fsp3) is 0.864. The van der Waals surface area contributed by atoms with E-state index >= 15 is 0 Å². The first-order valence-corrected chi connectivity index (χ1v) is 10.3. The van der Waals surface area contributed by atoms with Gasteiger partial charge in [0.15, 0.2) is 0 Å². The van der Waals surface area contributed by atoms with Crippen molar-refractivity contribution in [2.75, 3.05) is 6.61 Å². The molecule has 3 rings (SSSR count). The average molecular weight is 349 g/mol. The third-order valence-electron chi connectivity index (χ3n) is 8.08. The molecule has 2 fully saturated rings. The molecule has 0 aromatic carbocycles. The van der Waals surface area contributed by atoms with Crippen LogP contribution in [0.15, 0.2) is 11.6 Å². The molecule has 3 heteroatoms. The maximum absolute atomic E-state index is 12.6. The Bertz CT molecular complexity index is 539. The molecule has 0 amide bonds. The van der Waals surface area contributed by atoms with Crippen LogP contribution in [-0.2, 0) is 4.79 Å². The quantitative estimate of drug-likeness (QED) is 0.416. The summed E-state index contributed by atoms with van der Waals surface area (Å²) in [6, 6.07) is 0. The molecule has 2 saturated carbocycles. The molecule has 3 aliphatic rings. The van der Waals surface area contributed by atoms with E-state index in [1.54, 1.807) is 0 Å². The van der Waals surface area contributed by atoms with Gasteiger partial charge in [0, 0.05) is 17.4 Å². The highest BCUT2D eigenvalue weighted by molar-refractivity contribution is 5.66. The van der Waals surface area contributed by atoms with Crippen LogP contribution in [0.3, 0.4) is 0 Å². The lowest BCUT2D eigenvalue weighted by Crippen LogP contribution is -2.47. The number of hydrogen-bond donors (Lipinski definition) is 2. The summed E-state index contributed by atoms with van der Waals surface area (Å²) in [6.07, 6.45) is 9.08. The number of fused-ring (bicyclic) bond motifs is 2. The Morgan fingerprint density at radius 2 is 2.04 bits per heavy atom. The van der Waals surface area contributed by atoms with E-state index in [9.17, 15) is 9.90 Å². The van der Waals surface area contributed by atoms with Gasteiger partial charge >= 0.3 is 0 Å². The van der Waals surface area contributed by atoms with E-state index in [0.717, 1.165) is 38.5 Å². The number of allylic oxidation sites excluding steroid dienone is 2. The molecule has 0 spiro atoms. The van der Waals surface area contributed by atoms with Crippen molar-refractivity contribution in [3.05, 3.63) is 11.6 Å². The summed E-state index contributed by atoms with van der Waals surface area (Å²) in [5.41, 5.74) is 1.11. The Kier molecular flexibility index (Phi) is 5.20. The summed E-state index contributed by atoms with van der Waals surface area (Å²) in [7, 11) is 0. The fourth-order valence-corrected chi connectivity index (χ4v) is 6.89. The molecule has 5 unspecified atom stereocenters. The van der Waals surface area contributed by atoms with E-state index in [1.807, 2.05) is 0 Å². The fourth-order valence-electron chi connectivity index (χ4n) is 6.89. The summed E-state index contributed by atoms with van der Waals surface area (Å²) in [5.74, 6) is 1.90. The summed E-state index contributed by atoms with van der Waals surface area (Å²) in [5, 5.41) is 19.8. The zero-order valence-corrected chi connectivity index (χ0v) is 16.4. The standard InChI is InChI=1S/C22H36O3/c1-14(2)18-9-16-11-21(18,4)22(12-16,13-24)19-10-20(25)15(3)17(19)7-5-6-8-23/h9,13-17,19-20,23,25H,5-8,10-12H2,1-4H3/t15?,16?,17?,19?,20?,21-,22+/m1/s1. The van der Waals surface area contributed by atoms with Crippen LogP contribution in [0, 0.1) is 40.4 Å². The number of carbonyl (C=O) groups is 1.